The fourth-order valence-electron chi connectivity index (χ4n) is 1.53. The van der Waals surface area contributed by atoms with E-state index in [4.69, 9.17) is 0 Å². The van der Waals surface area contributed by atoms with Crippen LogP contribution in [0.3, 0.4) is 0 Å². The topological polar surface area (TPSA) is 49.3 Å². The van der Waals surface area contributed by atoms with E-state index in [0.717, 1.165) is 18.9 Å². The molecule has 0 spiro atoms. The maximum absolute atomic E-state index is 4.68. The Hall–Kier alpha value is -1.10. The molecule has 4 nitrogen and oxygen atoms in total. The van der Waals surface area contributed by atoms with Crippen molar-refractivity contribution in [3.05, 3.63) is 16.1 Å². The van der Waals surface area contributed by atoms with E-state index in [9.17, 15) is 0 Å². The first-order valence-corrected chi connectivity index (χ1v) is 7.63. The standard InChI is InChI=1S/C14H26N4S/c1-10(2)17-13(15-6)16-8-7-12-18-11(9-19-12)14(3,4)5/h9-10H,7-8H2,1-6H3,(H2,15,16,17). The molecule has 1 rings (SSSR count). The van der Waals surface area contributed by atoms with Crippen molar-refractivity contribution < 1.29 is 0 Å². The van der Waals surface area contributed by atoms with Crippen LogP contribution in [0.15, 0.2) is 10.4 Å². The molecule has 0 fully saturated rings. The summed E-state index contributed by atoms with van der Waals surface area (Å²) in [6, 6.07) is 0.388. The molecule has 0 unspecified atom stereocenters. The van der Waals surface area contributed by atoms with Crippen LogP contribution < -0.4 is 10.6 Å². The number of hydrogen-bond acceptors (Lipinski definition) is 3. The summed E-state index contributed by atoms with van der Waals surface area (Å²) >= 11 is 1.74. The van der Waals surface area contributed by atoms with Crippen LogP contribution in [0.4, 0.5) is 0 Å². The highest BCUT2D eigenvalue weighted by atomic mass is 32.1. The Morgan fingerprint density at radius 2 is 2.11 bits per heavy atom. The fraction of sp³-hybridized carbons (Fsp3) is 0.714. The van der Waals surface area contributed by atoms with Crippen LogP contribution in [0.25, 0.3) is 0 Å². The third kappa shape index (κ3) is 5.59. The average Bonchev–Trinajstić information content (AvgIpc) is 2.75. The van der Waals surface area contributed by atoms with E-state index in [-0.39, 0.29) is 5.41 Å². The van der Waals surface area contributed by atoms with Gasteiger partial charge in [0.25, 0.3) is 0 Å². The second kappa shape index (κ2) is 6.89. The second-order valence-electron chi connectivity index (χ2n) is 5.92. The lowest BCUT2D eigenvalue weighted by Gasteiger charge is -2.14. The number of hydrogen-bond donors (Lipinski definition) is 2. The molecule has 0 aliphatic rings. The number of aromatic nitrogens is 1. The molecule has 5 heteroatoms. The molecule has 0 saturated heterocycles. The zero-order valence-corrected chi connectivity index (χ0v) is 13.7. The third-order valence-corrected chi connectivity index (χ3v) is 3.51. The molecule has 0 radical (unpaired) electrons. The average molecular weight is 282 g/mol. The smallest absolute Gasteiger partial charge is 0.191 e. The van der Waals surface area contributed by atoms with Crippen molar-refractivity contribution in [2.45, 2.75) is 52.5 Å². The maximum Gasteiger partial charge on any atom is 0.191 e. The van der Waals surface area contributed by atoms with E-state index in [1.54, 1.807) is 18.4 Å². The van der Waals surface area contributed by atoms with Gasteiger partial charge in [-0.25, -0.2) is 4.98 Å². The molecule has 0 aliphatic carbocycles. The minimum absolute atomic E-state index is 0.136. The fourth-order valence-corrected chi connectivity index (χ4v) is 2.55. The van der Waals surface area contributed by atoms with Crippen LogP contribution in [-0.2, 0) is 11.8 Å². The summed E-state index contributed by atoms with van der Waals surface area (Å²) < 4.78 is 0. The van der Waals surface area contributed by atoms with Gasteiger partial charge in [-0.1, -0.05) is 20.8 Å². The van der Waals surface area contributed by atoms with Crippen LogP contribution >= 0.6 is 11.3 Å². The van der Waals surface area contributed by atoms with E-state index in [2.05, 4.69) is 60.6 Å². The summed E-state index contributed by atoms with van der Waals surface area (Å²) in [6.07, 6.45) is 0.930. The highest BCUT2D eigenvalue weighted by Crippen LogP contribution is 2.23. The molecule has 0 atom stereocenters. The molecule has 0 saturated carbocycles. The zero-order valence-electron chi connectivity index (χ0n) is 12.9. The summed E-state index contributed by atoms with van der Waals surface area (Å²) in [7, 11) is 1.79. The molecule has 0 bridgehead atoms. The molecule has 0 amide bonds. The number of nitrogens with zero attached hydrogens (tertiary/aromatic N) is 2. The highest BCUT2D eigenvalue weighted by molar-refractivity contribution is 7.09. The van der Waals surface area contributed by atoms with Crippen molar-refractivity contribution in [1.82, 2.24) is 15.6 Å². The summed E-state index contributed by atoms with van der Waals surface area (Å²) in [6.45, 7) is 11.6. The van der Waals surface area contributed by atoms with Gasteiger partial charge in [-0.3, -0.25) is 4.99 Å². The molecule has 1 heterocycles. The molecule has 2 N–H and O–H groups in total. The van der Waals surface area contributed by atoms with Crippen LogP contribution in [-0.4, -0.2) is 30.6 Å². The molecular weight excluding hydrogens is 256 g/mol. The van der Waals surface area contributed by atoms with Crippen molar-refractivity contribution in [3.8, 4) is 0 Å². The summed E-state index contributed by atoms with van der Waals surface area (Å²) in [4.78, 5) is 8.86. The monoisotopic (exact) mass is 282 g/mol. The minimum atomic E-state index is 0.136. The first-order valence-electron chi connectivity index (χ1n) is 6.75. The van der Waals surface area contributed by atoms with Crippen molar-refractivity contribution in [2.75, 3.05) is 13.6 Å². The van der Waals surface area contributed by atoms with Crippen LogP contribution in [0.5, 0.6) is 0 Å². The van der Waals surface area contributed by atoms with Gasteiger partial charge >= 0.3 is 0 Å². The maximum atomic E-state index is 4.68. The number of aliphatic imine (C=N–C) groups is 1. The quantitative estimate of drug-likeness (QED) is 0.659. The van der Waals surface area contributed by atoms with Crippen LogP contribution in [0.2, 0.25) is 0 Å². The lowest BCUT2D eigenvalue weighted by molar-refractivity contribution is 0.570. The molecule has 19 heavy (non-hydrogen) atoms. The Labute approximate surface area is 120 Å². The Bertz CT molecular complexity index is 415. The first-order chi connectivity index (χ1) is 8.82. The number of guanidine groups is 1. The second-order valence-corrected chi connectivity index (χ2v) is 6.87. The lowest BCUT2D eigenvalue weighted by Crippen LogP contribution is -2.41. The van der Waals surface area contributed by atoms with E-state index in [0.29, 0.717) is 6.04 Å². The van der Waals surface area contributed by atoms with Crippen LogP contribution in [0, 0.1) is 0 Å². The predicted octanol–water partition coefficient (Wildman–Crippen LogP) is 2.56. The van der Waals surface area contributed by atoms with E-state index >= 15 is 0 Å². The molecule has 1 aromatic rings. The molecule has 1 aromatic heterocycles. The Kier molecular flexibility index (Phi) is 5.79. The number of nitrogens with one attached hydrogen (secondary N) is 2. The summed E-state index contributed by atoms with van der Waals surface area (Å²) in [5, 5.41) is 9.91. The summed E-state index contributed by atoms with van der Waals surface area (Å²) in [5.41, 5.74) is 1.31. The van der Waals surface area contributed by atoms with Gasteiger partial charge in [0.2, 0.25) is 0 Å². The van der Waals surface area contributed by atoms with Crippen molar-refractivity contribution >= 4 is 17.3 Å². The van der Waals surface area contributed by atoms with E-state index in [1.165, 1.54) is 10.7 Å². The van der Waals surface area contributed by atoms with Crippen molar-refractivity contribution in [1.29, 1.82) is 0 Å². The van der Waals surface area contributed by atoms with Crippen LogP contribution in [0.1, 0.15) is 45.3 Å². The largest absolute Gasteiger partial charge is 0.356 e. The first kappa shape index (κ1) is 16.0. The zero-order chi connectivity index (χ0) is 14.5. The van der Waals surface area contributed by atoms with Gasteiger partial charge in [0.15, 0.2) is 5.96 Å². The molecule has 108 valence electrons. The lowest BCUT2D eigenvalue weighted by atomic mass is 9.93. The normalized spacial score (nSPS) is 12.9. The Balaban J connectivity index is 2.43. The molecule has 0 aliphatic heterocycles. The van der Waals surface area contributed by atoms with Gasteiger partial charge in [0.05, 0.1) is 10.7 Å². The number of thiazole rings is 1. The molecule has 0 aromatic carbocycles. The van der Waals surface area contributed by atoms with Gasteiger partial charge in [-0.2, -0.15) is 0 Å². The van der Waals surface area contributed by atoms with Gasteiger partial charge < -0.3 is 10.6 Å². The van der Waals surface area contributed by atoms with Gasteiger partial charge in [0.1, 0.15) is 0 Å². The summed E-state index contributed by atoms with van der Waals surface area (Å²) in [5.74, 6) is 0.850. The highest BCUT2D eigenvalue weighted by Gasteiger charge is 2.17. The van der Waals surface area contributed by atoms with E-state index in [1.807, 2.05) is 0 Å². The third-order valence-electron chi connectivity index (χ3n) is 2.60. The van der Waals surface area contributed by atoms with E-state index < -0.39 is 0 Å². The van der Waals surface area contributed by atoms with Gasteiger partial charge in [-0.05, 0) is 13.8 Å². The Morgan fingerprint density at radius 1 is 1.42 bits per heavy atom. The van der Waals surface area contributed by atoms with Crippen molar-refractivity contribution in [3.63, 3.8) is 0 Å². The molecular formula is C14H26N4S. The van der Waals surface area contributed by atoms with Gasteiger partial charge in [0, 0.05) is 36.9 Å². The van der Waals surface area contributed by atoms with Crippen molar-refractivity contribution in [2.24, 2.45) is 4.99 Å². The Morgan fingerprint density at radius 3 is 2.58 bits per heavy atom. The number of rotatable bonds is 4. The predicted molar refractivity (Wildman–Crippen MR) is 84.2 cm³/mol. The SMILES string of the molecule is CN=C(NCCc1nc(C(C)(C)C)cs1)NC(C)C. The minimum Gasteiger partial charge on any atom is -0.356 e. The van der Waals surface area contributed by atoms with Gasteiger partial charge in [-0.15, -0.1) is 11.3 Å².